The highest BCUT2D eigenvalue weighted by molar-refractivity contribution is 9.47. The average Bonchev–Trinajstić information content (AvgIpc) is 1.86. The normalized spacial score (nSPS) is 11.5. The molecular formula is C6H4Br2O2S. The average molecular weight is 300 g/mol. The van der Waals surface area contributed by atoms with Gasteiger partial charge in [0, 0.05) is 4.47 Å². The molecule has 2 nitrogen and oxygen atoms in total. The summed E-state index contributed by atoms with van der Waals surface area (Å²) in [5.41, 5.74) is 0. The molecule has 0 saturated carbocycles. The van der Waals surface area contributed by atoms with Crippen LogP contribution in [0.4, 0.5) is 0 Å². The van der Waals surface area contributed by atoms with Crippen molar-refractivity contribution in [3.8, 4) is 0 Å². The van der Waals surface area contributed by atoms with E-state index in [1.807, 2.05) is 0 Å². The van der Waals surface area contributed by atoms with Crippen molar-refractivity contribution in [3.05, 3.63) is 28.7 Å². The van der Waals surface area contributed by atoms with Gasteiger partial charge in [-0.25, -0.2) is 8.42 Å². The SMILES string of the molecule is O=S(=O)(Br)c1cccc(Br)c1. The van der Waals surface area contributed by atoms with E-state index in [0.717, 1.165) is 4.47 Å². The van der Waals surface area contributed by atoms with Gasteiger partial charge in [0.25, 0.3) is 0 Å². The Hall–Kier alpha value is 0.130. The summed E-state index contributed by atoms with van der Waals surface area (Å²) in [7, 11) is -3.24. The maximum atomic E-state index is 10.9. The Morgan fingerprint density at radius 3 is 2.27 bits per heavy atom. The second kappa shape index (κ2) is 3.25. The van der Waals surface area contributed by atoms with Crippen LogP contribution < -0.4 is 0 Å². The highest BCUT2D eigenvalue weighted by Gasteiger charge is 2.07. The molecule has 0 aromatic heterocycles. The van der Waals surface area contributed by atoms with Gasteiger partial charge < -0.3 is 0 Å². The molecule has 0 N–H and O–H groups in total. The van der Waals surface area contributed by atoms with Crippen LogP contribution in [-0.4, -0.2) is 8.42 Å². The van der Waals surface area contributed by atoms with Gasteiger partial charge in [0.1, 0.15) is 0 Å². The summed E-state index contributed by atoms with van der Waals surface area (Å²) in [6.45, 7) is 0. The molecule has 5 heteroatoms. The Labute approximate surface area is 80.9 Å². The van der Waals surface area contributed by atoms with Gasteiger partial charge in [0.05, 0.1) is 19.7 Å². The molecule has 0 heterocycles. The van der Waals surface area contributed by atoms with E-state index in [-0.39, 0.29) is 4.90 Å². The molecule has 1 rings (SSSR count). The number of benzene rings is 1. The fourth-order valence-corrected chi connectivity index (χ4v) is 2.28. The van der Waals surface area contributed by atoms with Crippen LogP contribution in [0.2, 0.25) is 0 Å². The maximum absolute atomic E-state index is 10.9. The van der Waals surface area contributed by atoms with Crippen LogP contribution >= 0.6 is 30.7 Å². The second-order valence-electron chi connectivity index (χ2n) is 1.90. The summed E-state index contributed by atoms with van der Waals surface area (Å²) in [6, 6.07) is 6.48. The highest BCUT2D eigenvalue weighted by atomic mass is 79.9. The maximum Gasteiger partial charge on any atom is 0.237 e. The summed E-state index contributed by atoms with van der Waals surface area (Å²) < 4.78 is 22.5. The number of hydrogen-bond donors (Lipinski definition) is 0. The van der Waals surface area contributed by atoms with Crippen molar-refractivity contribution in [2.45, 2.75) is 4.90 Å². The first-order valence-electron chi connectivity index (χ1n) is 2.70. The first-order valence-corrected chi connectivity index (χ1v) is 6.82. The molecule has 0 fully saturated rings. The Morgan fingerprint density at radius 2 is 1.91 bits per heavy atom. The zero-order valence-corrected chi connectivity index (χ0v) is 9.28. The molecule has 0 aliphatic heterocycles. The largest absolute Gasteiger partial charge is 0.237 e. The molecule has 0 spiro atoms. The van der Waals surface area contributed by atoms with E-state index in [0.29, 0.717) is 0 Å². The third kappa shape index (κ3) is 2.57. The molecule has 0 bridgehead atoms. The van der Waals surface area contributed by atoms with Crippen LogP contribution in [0.15, 0.2) is 33.6 Å². The molecule has 11 heavy (non-hydrogen) atoms. The van der Waals surface area contributed by atoms with E-state index >= 15 is 0 Å². The topological polar surface area (TPSA) is 34.1 Å². The summed E-state index contributed by atoms with van der Waals surface area (Å²) in [4.78, 5) is 0.256. The summed E-state index contributed by atoms with van der Waals surface area (Å²) in [5, 5.41) is 0. The molecule has 0 radical (unpaired) electrons. The Kier molecular flexibility index (Phi) is 2.72. The Bertz CT molecular complexity index is 359. The lowest BCUT2D eigenvalue weighted by molar-refractivity contribution is 0.611. The molecule has 0 unspecified atom stereocenters. The molecular weight excluding hydrogens is 296 g/mol. The summed E-state index contributed by atoms with van der Waals surface area (Å²) in [5.74, 6) is 0. The van der Waals surface area contributed by atoms with Crippen LogP contribution in [0.3, 0.4) is 0 Å². The smallest absolute Gasteiger partial charge is 0.212 e. The van der Waals surface area contributed by atoms with Gasteiger partial charge >= 0.3 is 0 Å². The van der Waals surface area contributed by atoms with Gasteiger partial charge in [-0.2, -0.15) is 0 Å². The zero-order chi connectivity index (χ0) is 8.48. The van der Waals surface area contributed by atoms with Crippen LogP contribution in [0.1, 0.15) is 0 Å². The van der Waals surface area contributed by atoms with E-state index in [2.05, 4.69) is 30.7 Å². The van der Waals surface area contributed by atoms with Crippen molar-refractivity contribution in [1.82, 2.24) is 0 Å². The molecule has 1 aromatic rings. The van der Waals surface area contributed by atoms with E-state index in [9.17, 15) is 8.42 Å². The lowest BCUT2D eigenvalue weighted by Gasteiger charge is -1.94. The minimum atomic E-state index is -3.24. The fourth-order valence-electron chi connectivity index (χ4n) is 0.619. The second-order valence-corrected chi connectivity index (χ2v) is 6.72. The van der Waals surface area contributed by atoms with Crippen LogP contribution in [0, 0.1) is 0 Å². The molecule has 0 aliphatic rings. The van der Waals surface area contributed by atoms with Gasteiger partial charge in [0.2, 0.25) is 8.27 Å². The standard InChI is InChI=1S/C6H4Br2O2S/c7-5-2-1-3-6(4-5)11(8,9)10/h1-4H. The highest BCUT2D eigenvalue weighted by Crippen LogP contribution is 2.20. The molecule has 1 aromatic carbocycles. The summed E-state index contributed by atoms with van der Waals surface area (Å²) >= 11 is 5.74. The van der Waals surface area contributed by atoms with Crippen LogP contribution in [0.5, 0.6) is 0 Å². The van der Waals surface area contributed by atoms with Gasteiger partial charge in [-0.3, -0.25) is 0 Å². The van der Waals surface area contributed by atoms with E-state index in [1.165, 1.54) is 12.1 Å². The van der Waals surface area contributed by atoms with Crippen molar-refractivity contribution in [3.63, 3.8) is 0 Å². The quantitative estimate of drug-likeness (QED) is 0.747. The molecule has 0 saturated heterocycles. The predicted octanol–water partition coefficient (Wildman–Crippen LogP) is 2.53. The Balaban J connectivity index is 3.28. The molecule has 0 aliphatic carbocycles. The molecule has 0 amide bonds. The van der Waals surface area contributed by atoms with Crippen molar-refractivity contribution in [2.24, 2.45) is 0 Å². The summed E-state index contributed by atoms with van der Waals surface area (Å²) in [6.07, 6.45) is 0. The minimum absolute atomic E-state index is 0.256. The van der Waals surface area contributed by atoms with Crippen molar-refractivity contribution < 1.29 is 8.42 Å². The first kappa shape index (κ1) is 9.22. The lowest BCUT2D eigenvalue weighted by Crippen LogP contribution is -1.88. The number of halogens is 2. The monoisotopic (exact) mass is 298 g/mol. The van der Waals surface area contributed by atoms with Gasteiger partial charge in [-0.05, 0) is 18.2 Å². The first-order chi connectivity index (χ1) is 5.00. The minimum Gasteiger partial charge on any atom is -0.212 e. The van der Waals surface area contributed by atoms with Crippen molar-refractivity contribution in [1.29, 1.82) is 0 Å². The lowest BCUT2D eigenvalue weighted by atomic mass is 10.4. The molecule has 0 atom stereocenters. The van der Waals surface area contributed by atoms with Crippen molar-refractivity contribution in [2.75, 3.05) is 0 Å². The predicted molar refractivity (Wildman–Crippen MR) is 50.3 cm³/mol. The van der Waals surface area contributed by atoms with E-state index in [1.54, 1.807) is 12.1 Å². The third-order valence-corrected chi connectivity index (χ3v) is 3.51. The van der Waals surface area contributed by atoms with Gasteiger partial charge in [0.15, 0.2) is 0 Å². The van der Waals surface area contributed by atoms with E-state index in [4.69, 9.17) is 0 Å². The van der Waals surface area contributed by atoms with Crippen LogP contribution in [0.25, 0.3) is 0 Å². The fraction of sp³-hybridized carbons (Fsp3) is 0. The number of rotatable bonds is 1. The van der Waals surface area contributed by atoms with Crippen molar-refractivity contribution >= 4 is 39.0 Å². The van der Waals surface area contributed by atoms with E-state index < -0.39 is 8.27 Å². The van der Waals surface area contributed by atoms with Crippen LogP contribution in [-0.2, 0) is 8.27 Å². The van der Waals surface area contributed by atoms with Gasteiger partial charge in [-0.1, -0.05) is 22.0 Å². The zero-order valence-electron chi connectivity index (χ0n) is 5.29. The Morgan fingerprint density at radius 1 is 1.27 bits per heavy atom. The molecule has 60 valence electrons. The third-order valence-electron chi connectivity index (χ3n) is 1.08. The number of hydrogen-bond acceptors (Lipinski definition) is 2. The van der Waals surface area contributed by atoms with Gasteiger partial charge in [-0.15, -0.1) is 0 Å².